The van der Waals surface area contributed by atoms with Crippen LogP contribution in [-0.2, 0) is 0 Å². The molecule has 0 aromatic carbocycles. The standard InChI is InChI=1S/C15H29N3S/c1-11(2)18(6)10-8-7-9-16-12(3)15-13(4)19-14(5)17-15/h11-12,16H,7-10H2,1-6H3. The summed E-state index contributed by atoms with van der Waals surface area (Å²) in [5.74, 6) is 0. The van der Waals surface area contributed by atoms with Crippen LogP contribution in [0, 0.1) is 13.8 Å². The van der Waals surface area contributed by atoms with Crippen LogP contribution in [0.15, 0.2) is 0 Å². The molecule has 0 radical (unpaired) electrons. The summed E-state index contributed by atoms with van der Waals surface area (Å²) in [6.45, 7) is 13.2. The molecule has 19 heavy (non-hydrogen) atoms. The monoisotopic (exact) mass is 283 g/mol. The van der Waals surface area contributed by atoms with Crippen molar-refractivity contribution in [2.45, 2.75) is 59.5 Å². The smallest absolute Gasteiger partial charge is 0.0900 e. The van der Waals surface area contributed by atoms with E-state index in [-0.39, 0.29) is 0 Å². The van der Waals surface area contributed by atoms with E-state index in [1.54, 1.807) is 11.3 Å². The van der Waals surface area contributed by atoms with Gasteiger partial charge in [-0.3, -0.25) is 0 Å². The van der Waals surface area contributed by atoms with Crippen molar-refractivity contribution in [3.05, 3.63) is 15.6 Å². The summed E-state index contributed by atoms with van der Waals surface area (Å²) in [6, 6.07) is 1.01. The van der Waals surface area contributed by atoms with Crippen molar-refractivity contribution in [3.8, 4) is 0 Å². The molecule has 0 aliphatic heterocycles. The molecule has 1 heterocycles. The summed E-state index contributed by atoms with van der Waals surface area (Å²) in [6.07, 6.45) is 2.48. The Bertz CT molecular complexity index is 373. The predicted octanol–water partition coefficient (Wildman–Crippen LogP) is 3.53. The molecule has 1 aromatic rings. The summed E-state index contributed by atoms with van der Waals surface area (Å²) >= 11 is 1.79. The molecule has 0 amide bonds. The molecule has 3 nitrogen and oxygen atoms in total. The van der Waals surface area contributed by atoms with Gasteiger partial charge in [-0.05, 0) is 67.6 Å². The van der Waals surface area contributed by atoms with Gasteiger partial charge in [-0.15, -0.1) is 11.3 Å². The first kappa shape index (κ1) is 16.6. The maximum atomic E-state index is 4.61. The minimum Gasteiger partial charge on any atom is -0.309 e. The number of aryl methyl sites for hydroxylation is 2. The first-order valence-corrected chi connectivity index (χ1v) is 8.11. The van der Waals surface area contributed by atoms with Gasteiger partial charge in [0.15, 0.2) is 0 Å². The van der Waals surface area contributed by atoms with E-state index in [9.17, 15) is 0 Å². The van der Waals surface area contributed by atoms with Crippen LogP contribution in [0.3, 0.4) is 0 Å². The second-order valence-electron chi connectivity index (χ2n) is 5.63. The van der Waals surface area contributed by atoms with Crippen molar-refractivity contribution in [3.63, 3.8) is 0 Å². The Hall–Kier alpha value is -0.450. The van der Waals surface area contributed by atoms with Gasteiger partial charge in [-0.1, -0.05) is 0 Å². The number of unbranched alkanes of at least 4 members (excludes halogenated alkanes) is 1. The van der Waals surface area contributed by atoms with Gasteiger partial charge >= 0.3 is 0 Å². The number of aromatic nitrogens is 1. The van der Waals surface area contributed by atoms with Gasteiger partial charge in [0.2, 0.25) is 0 Å². The molecular formula is C15H29N3S. The third-order valence-electron chi connectivity index (χ3n) is 3.62. The average Bonchev–Trinajstić information content (AvgIpc) is 2.67. The summed E-state index contributed by atoms with van der Waals surface area (Å²) in [5, 5.41) is 4.75. The summed E-state index contributed by atoms with van der Waals surface area (Å²) < 4.78 is 0. The number of hydrogen-bond acceptors (Lipinski definition) is 4. The average molecular weight is 283 g/mol. The fourth-order valence-corrected chi connectivity index (χ4v) is 3.02. The van der Waals surface area contributed by atoms with E-state index in [1.165, 1.54) is 35.0 Å². The number of hydrogen-bond donors (Lipinski definition) is 1. The van der Waals surface area contributed by atoms with Crippen LogP contribution >= 0.6 is 11.3 Å². The van der Waals surface area contributed by atoms with Crippen molar-refractivity contribution in [2.24, 2.45) is 0 Å². The van der Waals surface area contributed by atoms with Gasteiger partial charge in [0.05, 0.1) is 10.7 Å². The predicted molar refractivity (Wildman–Crippen MR) is 85.0 cm³/mol. The highest BCUT2D eigenvalue weighted by molar-refractivity contribution is 7.11. The van der Waals surface area contributed by atoms with Crippen LogP contribution < -0.4 is 5.32 Å². The minimum atomic E-state index is 0.368. The fraction of sp³-hybridized carbons (Fsp3) is 0.800. The molecule has 110 valence electrons. The van der Waals surface area contributed by atoms with Crippen molar-refractivity contribution >= 4 is 11.3 Å². The summed E-state index contributed by atoms with van der Waals surface area (Å²) in [4.78, 5) is 8.35. The highest BCUT2D eigenvalue weighted by Gasteiger charge is 2.12. The molecule has 1 unspecified atom stereocenters. The maximum absolute atomic E-state index is 4.61. The molecule has 0 aliphatic rings. The first-order chi connectivity index (χ1) is 8.91. The normalized spacial score (nSPS) is 13.5. The molecule has 1 atom stereocenters. The Kier molecular flexibility index (Phi) is 6.97. The molecule has 0 fully saturated rings. The van der Waals surface area contributed by atoms with Crippen LogP contribution in [0.1, 0.15) is 55.2 Å². The second kappa shape index (κ2) is 7.98. The minimum absolute atomic E-state index is 0.368. The lowest BCUT2D eigenvalue weighted by atomic mass is 10.2. The molecule has 4 heteroatoms. The largest absolute Gasteiger partial charge is 0.309 e. The lowest BCUT2D eigenvalue weighted by Crippen LogP contribution is -2.28. The molecule has 0 bridgehead atoms. The van der Waals surface area contributed by atoms with Gasteiger partial charge < -0.3 is 10.2 Å². The van der Waals surface area contributed by atoms with Crippen LogP contribution in [0.4, 0.5) is 0 Å². The molecule has 1 N–H and O–H groups in total. The maximum Gasteiger partial charge on any atom is 0.0900 e. The van der Waals surface area contributed by atoms with E-state index in [2.05, 4.69) is 56.9 Å². The van der Waals surface area contributed by atoms with Gasteiger partial charge in [-0.2, -0.15) is 0 Å². The molecule has 1 aromatic heterocycles. The van der Waals surface area contributed by atoms with Crippen LogP contribution in [0.2, 0.25) is 0 Å². The quantitative estimate of drug-likeness (QED) is 0.740. The molecule has 0 aliphatic carbocycles. The van der Waals surface area contributed by atoms with Crippen LogP contribution in [0.25, 0.3) is 0 Å². The zero-order valence-electron chi connectivity index (χ0n) is 13.3. The van der Waals surface area contributed by atoms with Crippen LogP contribution in [0.5, 0.6) is 0 Å². The van der Waals surface area contributed by atoms with E-state index in [0.29, 0.717) is 12.1 Å². The van der Waals surface area contributed by atoms with E-state index in [0.717, 1.165) is 6.54 Å². The van der Waals surface area contributed by atoms with E-state index >= 15 is 0 Å². The number of nitrogens with zero attached hydrogens (tertiary/aromatic N) is 2. The molecule has 1 rings (SSSR count). The van der Waals surface area contributed by atoms with E-state index in [4.69, 9.17) is 0 Å². The highest BCUT2D eigenvalue weighted by Crippen LogP contribution is 2.22. The van der Waals surface area contributed by atoms with Crippen molar-refractivity contribution in [2.75, 3.05) is 20.1 Å². The Labute approximate surface area is 122 Å². The Morgan fingerprint density at radius 2 is 1.89 bits per heavy atom. The lowest BCUT2D eigenvalue weighted by Gasteiger charge is -2.21. The van der Waals surface area contributed by atoms with Gasteiger partial charge in [-0.25, -0.2) is 4.98 Å². The third kappa shape index (κ3) is 5.59. The Morgan fingerprint density at radius 1 is 1.21 bits per heavy atom. The first-order valence-electron chi connectivity index (χ1n) is 7.29. The molecule has 0 saturated carbocycles. The number of rotatable bonds is 8. The zero-order chi connectivity index (χ0) is 14.4. The highest BCUT2D eigenvalue weighted by atomic mass is 32.1. The summed E-state index contributed by atoms with van der Waals surface area (Å²) in [5.41, 5.74) is 1.22. The zero-order valence-corrected chi connectivity index (χ0v) is 14.1. The number of nitrogens with one attached hydrogen (secondary N) is 1. The Balaban J connectivity index is 2.21. The number of thiazole rings is 1. The second-order valence-corrected chi connectivity index (χ2v) is 7.04. The summed E-state index contributed by atoms with van der Waals surface area (Å²) in [7, 11) is 2.20. The van der Waals surface area contributed by atoms with Crippen LogP contribution in [-0.4, -0.2) is 36.1 Å². The lowest BCUT2D eigenvalue weighted by molar-refractivity contribution is 0.267. The third-order valence-corrected chi connectivity index (χ3v) is 4.52. The van der Waals surface area contributed by atoms with E-state index in [1.807, 2.05) is 0 Å². The topological polar surface area (TPSA) is 28.2 Å². The van der Waals surface area contributed by atoms with Crippen molar-refractivity contribution in [1.29, 1.82) is 0 Å². The Morgan fingerprint density at radius 3 is 2.42 bits per heavy atom. The van der Waals surface area contributed by atoms with Gasteiger partial charge in [0.1, 0.15) is 0 Å². The fourth-order valence-electron chi connectivity index (χ4n) is 2.11. The van der Waals surface area contributed by atoms with Crippen molar-refractivity contribution < 1.29 is 0 Å². The SMILES string of the molecule is Cc1nc(C(C)NCCCCN(C)C(C)C)c(C)s1. The molecule has 0 spiro atoms. The van der Waals surface area contributed by atoms with Gasteiger partial charge in [0.25, 0.3) is 0 Å². The van der Waals surface area contributed by atoms with Gasteiger partial charge in [0, 0.05) is 17.0 Å². The molecular weight excluding hydrogens is 254 g/mol. The molecule has 0 saturated heterocycles. The van der Waals surface area contributed by atoms with Crippen molar-refractivity contribution in [1.82, 2.24) is 15.2 Å². The van der Waals surface area contributed by atoms with E-state index < -0.39 is 0 Å².